The van der Waals surface area contributed by atoms with E-state index < -0.39 is 5.97 Å². The minimum atomic E-state index is -0.462. The van der Waals surface area contributed by atoms with Gasteiger partial charge in [-0.05, 0) is 23.9 Å². The summed E-state index contributed by atoms with van der Waals surface area (Å²) in [6.07, 6.45) is 3.03. The maximum Gasteiger partial charge on any atom is 0.325 e. The van der Waals surface area contributed by atoms with Crippen molar-refractivity contribution in [3.8, 4) is 0 Å². The summed E-state index contributed by atoms with van der Waals surface area (Å²) in [4.78, 5) is 22.3. The molecule has 0 saturated carbocycles. The fraction of sp³-hybridized carbons (Fsp3) is 0.154. The van der Waals surface area contributed by atoms with Crippen molar-refractivity contribution < 1.29 is 14.3 Å². The Morgan fingerprint density at radius 2 is 2.00 bits per heavy atom. The Bertz CT molecular complexity index is 486. The predicted octanol–water partition coefficient (Wildman–Crippen LogP) is 0.863. The topological polar surface area (TPSA) is 67.4 Å². The maximum atomic E-state index is 11.5. The molecule has 0 aliphatic carbocycles. The van der Waals surface area contributed by atoms with Gasteiger partial charge in [-0.1, -0.05) is 30.3 Å². The van der Waals surface area contributed by atoms with Gasteiger partial charge in [0.05, 0.1) is 7.11 Å². The molecule has 0 fully saturated rings. The number of ether oxygens (including phenoxy) is 1. The van der Waals surface area contributed by atoms with Gasteiger partial charge in [-0.3, -0.25) is 14.9 Å². The fourth-order valence-electron chi connectivity index (χ4n) is 1.16. The quantitative estimate of drug-likeness (QED) is 0.486. The Morgan fingerprint density at radius 3 is 2.63 bits per heavy atom. The number of amides is 1. The summed E-state index contributed by atoms with van der Waals surface area (Å²) in [5.41, 5.74) is 0.908. The molecule has 1 amide bonds. The van der Waals surface area contributed by atoms with Crippen molar-refractivity contribution in [1.82, 2.24) is 10.6 Å². The molecule has 0 radical (unpaired) electrons. The lowest BCUT2D eigenvalue weighted by molar-refractivity contribution is -0.139. The number of carbonyl (C=O) groups is 2. The van der Waals surface area contributed by atoms with Gasteiger partial charge in [0.15, 0.2) is 5.11 Å². The molecule has 0 bridgehead atoms. The number of esters is 1. The molecule has 6 heteroatoms. The van der Waals surface area contributed by atoms with Gasteiger partial charge in [-0.15, -0.1) is 0 Å². The van der Waals surface area contributed by atoms with Crippen LogP contribution in [-0.2, 0) is 14.3 Å². The van der Waals surface area contributed by atoms with Crippen LogP contribution in [-0.4, -0.2) is 30.6 Å². The predicted molar refractivity (Wildman–Crippen MR) is 76.2 cm³/mol. The van der Waals surface area contributed by atoms with Crippen molar-refractivity contribution in [3.05, 3.63) is 42.0 Å². The van der Waals surface area contributed by atoms with Gasteiger partial charge in [0.25, 0.3) is 0 Å². The number of hydrogen-bond donors (Lipinski definition) is 2. The van der Waals surface area contributed by atoms with E-state index in [0.29, 0.717) is 0 Å². The van der Waals surface area contributed by atoms with Crippen molar-refractivity contribution >= 4 is 35.3 Å². The molecule has 1 aromatic carbocycles. The summed E-state index contributed by atoms with van der Waals surface area (Å²) in [6, 6.07) is 9.39. The largest absolute Gasteiger partial charge is 0.468 e. The van der Waals surface area contributed by atoms with Crippen LogP contribution >= 0.6 is 12.2 Å². The second-order valence-corrected chi connectivity index (χ2v) is 3.90. The number of carbonyl (C=O) groups excluding carboxylic acids is 2. The van der Waals surface area contributed by atoms with Gasteiger partial charge in [-0.2, -0.15) is 0 Å². The number of thiocarbonyl (C=S) groups is 1. The van der Waals surface area contributed by atoms with E-state index in [0.717, 1.165) is 5.56 Å². The van der Waals surface area contributed by atoms with E-state index in [-0.39, 0.29) is 17.6 Å². The number of nitrogens with one attached hydrogen (secondary N) is 2. The zero-order chi connectivity index (χ0) is 14.1. The first-order valence-electron chi connectivity index (χ1n) is 5.50. The van der Waals surface area contributed by atoms with Crippen LogP contribution in [0, 0.1) is 0 Å². The van der Waals surface area contributed by atoms with Crippen LogP contribution in [0.2, 0.25) is 0 Å². The van der Waals surface area contributed by atoms with Gasteiger partial charge in [-0.25, -0.2) is 0 Å². The summed E-state index contributed by atoms with van der Waals surface area (Å²) < 4.78 is 4.42. The number of methoxy groups -OCH3 is 1. The van der Waals surface area contributed by atoms with Gasteiger partial charge < -0.3 is 10.1 Å². The molecule has 5 nitrogen and oxygen atoms in total. The molecule has 0 saturated heterocycles. The SMILES string of the molecule is COC(=O)CNC(=S)NC(=O)C=Cc1ccccc1. The van der Waals surface area contributed by atoms with Crippen LogP contribution in [0.1, 0.15) is 5.56 Å². The molecule has 19 heavy (non-hydrogen) atoms. The third-order valence-electron chi connectivity index (χ3n) is 2.08. The highest BCUT2D eigenvalue weighted by Gasteiger charge is 2.03. The Hall–Kier alpha value is -2.21. The van der Waals surface area contributed by atoms with E-state index in [1.54, 1.807) is 6.08 Å². The molecule has 0 heterocycles. The molecular formula is C13H14N2O3S. The summed E-state index contributed by atoms with van der Waals surface area (Å²) in [5, 5.41) is 5.05. The normalized spacial score (nSPS) is 9.95. The number of benzene rings is 1. The highest BCUT2D eigenvalue weighted by Crippen LogP contribution is 2.00. The smallest absolute Gasteiger partial charge is 0.325 e. The third-order valence-corrected chi connectivity index (χ3v) is 2.33. The Balaban J connectivity index is 2.37. The average molecular weight is 278 g/mol. The van der Waals surface area contributed by atoms with Gasteiger partial charge in [0, 0.05) is 6.08 Å². The molecule has 0 spiro atoms. The van der Waals surface area contributed by atoms with E-state index in [9.17, 15) is 9.59 Å². The summed E-state index contributed by atoms with van der Waals surface area (Å²) in [7, 11) is 1.27. The molecule has 2 N–H and O–H groups in total. The minimum absolute atomic E-state index is 0.0770. The Labute approximate surface area is 116 Å². The second-order valence-electron chi connectivity index (χ2n) is 3.49. The van der Waals surface area contributed by atoms with E-state index in [1.165, 1.54) is 13.2 Å². The second kappa shape index (κ2) is 7.99. The van der Waals surface area contributed by atoms with Crippen LogP contribution in [0.4, 0.5) is 0 Å². The van der Waals surface area contributed by atoms with Crippen LogP contribution in [0.25, 0.3) is 6.08 Å². The van der Waals surface area contributed by atoms with Crippen molar-refractivity contribution in [2.45, 2.75) is 0 Å². The first kappa shape index (κ1) is 14.8. The zero-order valence-corrected chi connectivity index (χ0v) is 11.2. The molecule has 0 aliphatic heterocycles. The highest BCUT2D eigenvalue weighted by molar-refractivity contribution is 7.80. The van der Waals surface area contributed by atoms with Gasteiger partial charge >= 0.3 is 5.97 Å². The standard InChI is InChI=1S/C13H14N2O3S/c1-18-12(17)9-14-13(19)15-11(16)8-7-10-5-3-2-4-6-10/h2-8H,9H2,1H3,(H2,14,15,16,19). The van der Waals surface area contributed by atoms with Crippen molar-refractivity contribution in [1.29, 1.82) is 0 Å². The van der Waals surface area contributed by atoms with E-state index in [4.69, 9.17) is 12.2 Å². The highest BCUT2D eigenvalue weighted by atomic mass is 32.1. The Morgan fingerprint density at radius 1 is 1.32 bits per heavy atom. The molecule has 0 unspecified atom stereocenters. The lowest BCUT2D eigenvalue weighted by Gasteiger charge is -2.06. The van der Waals surface area contributed by atoms with Gasteiger partial charge in [0.2, 0.25) is 5.91 Å². The molecular weight excluding hydrogens is 264 g/mol. The van der Waals surface area contributed by atoms with Crippen LogP contribution < -0.4 is 10.6 Å². The summed E-state index contributed by atoms with van der Waals surface area (Å²) >= 11 is 4.84. The van der Waals surface area contributed by atoms with Crippen molar-refractivity contribution in [2.75, 3.05) is 13.7 Å². The zero-order valence-electron chi connectivity index (χ0n) is 10.4. The first-order valence-corrected chi connectivity index (χ1v) is 5.91. The fourth-order valence-corrected chi connectivity index (χ4v) is 1.33. The van der Waals surface area contributed by atoms with Gasteiger partial charge in [0.1, 0.15) is 6.54 Å². The molecule has 0 atom stereocenters. The summed E-state index contributed by atoms with van der Waals surface area (Å²) in [6.45, 7) is -0.0853. The molecule has 1 aromatic rings. The van der Waals surface area contributed by atoms with E-state index in [2.05, 4.69) is 15.4 Å². The lowest BCUT2D eigenvalue weighted by Crippen LogP contribution is -2.40. The van der Waals surface area contributed by atoms with Crippen LogP contribution in [0.15, 0.2) is 36.4 Å². The van der Waals surface area contributed by atoms with Crippen LogP contribution in [0.3, 0.4) is 0 Å². The van der Waals surface area contributed by atoms with Crippen molar-refractivity contribution in [3.63, 3.8) is 0 Å². The third kappa shape index (κ3) is 6.32. The monoisotopic (exact) mass is 278 g/mol. The maximum absolute atomic E-state index is 11.5. The Kier molecular flexibility index (Phi) is 6.25. The molecule has 100 valence electrons. The molecule has 1 rings (SSSR count). The molecule has 0 aliphatic rings. The lowest BCUT2D eigenvalue weighted by atomic mass is 10.2. The minimum Gasteiger partial charge on any atom is -0.468 e. The van der Waals surface area contributed by atoms with E-state index in [1.807, 2.05) is 30.3 Å². The summed E-state index contributed by atoms with van der Waals surface area (Å²) in [5.74, 6) is -0.831. The number of hydrogen-bond acceptors (Lipinski definition) is 4. The number of rotatable bonds is 4. The van der Waals surface area contributed by atoms with Crippen LogP contribution in [0.5, 0.6) is 0 Å². The average Bonchev–Trinajstić information content (AvgIpc) is 2.43. The molecule has 0 aromatic heterocycles. The van der Waals surface area contributed by atoms with E-state index >= 15 is 0 Å². The van der Waals surface area contributed by atoms with Crippen molar-refractivity contribution in [2.24, 2.45) is 0 Å². The first-order chi connectivity index (χ1) is 9.11.